The maximum absolute atomic E-state index is 13.9. The quantitative estimate of drug-likeness (QED) is 0.639. The summed E-state index contributed by atoms with van der Waals surface area (Å²) in [6.07, 6.45) is 4.44. The molecule has 1 amide bonds. The zero-order chi connectivity index (χ0) is 23.2. The van der Waals surface area contributed by atoms with Gasteiger partial charge in [-0.2, -0.15) is 18.4 Å². The van der Waals surface area contributed by atoms with E-state index in [0.717, 1.165) is 11.9 Å². The molecule has 0 radical (unpaired) electrons. The second kappa shape index (κ2) is 8.00. The number of hydrogen-bond donors (Lipinski definition) is 1. The normalized spacial score (nSPS) is 18.9. The Morgan fingerprint density at radius 2 is 2.09 bits per heavy atom. The van der Waals surface area contributed by atoms with E-state index in [1.807, 2.05) is 0 Å². The number of fused-ring (bicyclic) bond motifs is 4. The number of anilines is 1. The molecule has 1 atom stereocenters. The van der Waals surface area contributed by atoms with Crippen molar-refractivity contribution in [3.05, 3.63) is 47.3 Å². The van der Waals surface area contributed by atoms with Gasteiger partial charge in [0, 0.05) is 36.5 Å². The third-order valence-electron chi connectivity index (χ3n) is 6.16. The molecule has 0 aromatic carbocycles. The van der Waals surface area contributed by atoms with Gasteiger partial charge in [-0.15, -0.1) is 5.10 Å². The van der Waals surface area contributed by atoms with Gasteiger partial charge in [-0.05, 0) is 25.3 Å². The van der Waals surface area contributed by atoms with Crippen LogP contribution in [0.4, 0.5) is 18.9 Å². The van der Waals surface area contributed by atoms with Gasteiger partial charge >= 0.3 is 6.61 Å². The summed E-state index contributed by atoms with van der Waals surface area (Å²) in [5.41, 5.74) is 1.23. The Kier molecular flexibility index (Phi) is 5.13. The molecular weight excluding hydrogens is 441 g/mol. The van der Waals surface area contributed by atoms with Crippen LogP contribution in [-0.2, 0) is 14.9 Å². The molecule has 12 heteroatoms. The summed E-state index contributed by atoms with van der Waals surface area (Å²) in [6.45, 7) is -2.13. The molecule has 1 N–H and O–H groups in total. The van der Waals surface area contributed by atoms with Gasteiger partial charge < -0.3 is 14.8 Å². The summed E-state index contributed by atoms with van der Waals surface area (Å²) in [4.78, 5) is 21.3. The molecule has 0 bridgehead atoms. The number of pyridine rings is 1. The molecule has 0 saturated carbocycles. The molecule has 1 fully saturated rings. The number of halogens is 3. The summed E-state index contributed by atoms with van der Waals surface area (Å²) >= 11 is 0. The number of aromatic nitrogens is 4. The van der Waals surface area contributed by atoms with Crippen molar-refractivity contribution in [3.63, 3.8) is 0 Å². The van der Waals surface area contributed by atoms with Gasteiger partial charge in [0.15, 0.2) is 5.65 Å². The largest absolute Gasteiger partial charge is 0.415 e. The number of nitrogens with one attached hydrogen (secondary N) is 1. The average Bonchev–Trinajstić information content (AvgIpc) is 3.32. The minimum atomic E-state index is -3.13. The molecule has 1 saturated heterocycles. The van der Waals surface area contributed by atoms with Crippen LogP contribution in [-0.4, -0.2) is 45.3 Å². The smallest absolute Gasteiger partial charge is 0.388 e. The number of rotatable bonds is 4. The maximum Gasteiger partial charge on any atom is 0.388 e. The standard InChI is InChI=1S/C21H17F3N6O3/c22-15-6-16-26-10-14-13(7-21(1-3-32-4-2-21)17(14)30(16)29-15)18(31)28-12-5-11(8-25)19(27-9-12)33-20(23)24/h5-6,9-10,13,20H,1-4,7H2,(H,28,31)/t13-/m0/s1. The lowest BCUT2D eigenvalue weighted by atomic mass is 9.77. The van der Waals surface area contributed by atoms with Crippen molar-refractivity contribution in [3.8, 4) is 11.9 Å². The van der Waals surface area contributed by atoms with Crippen LogP contribution in [0, 0.1) is 17.3 Å². The summed E-state index contributed by atoms with van der Waals surface area (Å²) in [7, 11) is 0. The first-order valence-corrected chi connectivity index (χ1v) is 10.2. The summed E-state index contributed by atoms with van der Waals surface area (Å²) < 4.78 is 50.1. The highest BCUT2D eigenvalue weighted by molar-refractivity contribution is 5.97. The minimum Gasteiger partial charge on any atom is -0.415 e. The van der Waals surface area contributed by atoms with Crippen LogP contribution >= 0.6 is 0 Å². The van der Waals surface area contributed by atoms with E-state index in [4.69, 9.17) is 4.74 Å². The van der Waals surface area contributed by atoms with Crippen LogP contribution in [0.2, 0.25) is 0 Å². The molecular formula is C21H17F3N6O3. The molecule has 3 aromatic rings. The predicted octanol–water partition coefficient (Wildman–Crippen LogP) is 2.91. The summed E-state index contributed by atoms with van der Waals surface area (Å²) in [5, 5.41) is 15.9. The van der Waals surface area contributed by atoms with Gasteiger partial charge in [0.25, 0.3) is 0 Å². The van der Waals surface area contributed by atoms with E-state index in [1.165, 1.54) is 16.6 Å². The fourth-order valence-electron chi connectivity index (χ4n) is 4.75. The number of carbonyl (C=O) groups is 1. The van der Waals surface area contributed by atoms with E-state index in [-0.39, 0.29) is 17.2 Å². The Balaban J connectivity index is 1.49. The monoisotopic (exact) mass is 458 g/mol. The number of nitriles is 1. The van der Waals surface area contributed by atoms with Gasteiger partial charge in [0.05, 0.1) is 23.5 Å². The van der Waals surface area contributed by atoms with Crippen molar-refractivity contribution in [1.29, 1.82) is 5.26 Å². The summed E-state index contributed by atoms with van der Waals surface area (Å²) in [6, 6.07) is 4.18. The fraction of sp³-hybridized carbons (Fsp3) is 0.381. The number of alkyl halides is 2. The molecule has 33 heavy (non-hydrogen) atoms. The van der Waals surface area contributed by atoms with E-state index >= 15 is 0 Å². The molecule has 4 heterocycles. The van der Waals surface area contributed by atoms with Gasteiger partial charge in [-0.1, -0.05) is 0 Å². The van der Waals surface area contributed by atoms with Crippen LogP contribution in [0.1, 0.15) is 42.0 Å². The molecule has 1 spiro atoms. The minimum absolute atomic E-state index is 0.159. The van der Waals surface area contributed by atoms with Crippen LogP contribution in [0.15, 0.2) is 24.5 Å². The molecule has 1 aliphatic carbocycles. The van der Waals surface area contributed by atoms with Crippen LogP contribution in [0.25, 0.3) is 5.65 Å². The number of amides is 1. The Hall–Kier alpha value is -3.72. The summed E-state index contributed by atoms with van der Waals surface area (Å²) in [5.74, 6) is -2.19. The number of carbonyl (C=O) groups excluding carboxylic acids is 1. The van der Waals surface area contributed by atoms with Gasteiger partial charge in [0.1, 0.15) is 11.6 Å². The molecule has 3 aromatic heterocycles. The third kappa shape index (κ3) is 3.64. The molecule has 9 nitrogen and oxygen atoms in total. The van der Waals surface area contributed by atoms with Crippen molar-refractivity contribution in [1.82, 2.24) is 19.6 Å². The van der Waals surface area contributed by atoms with Crippen molar-refractivity contribution >= 4 is 17.2 Å². The van der Waals surface area contributed by atoms with Crippen molar-refractivity contribution < 1.29 is 27.4 Å². The van der Waals surface area contributed by atoms with E-state index in [0.29, 0.717) is 43.7 Å². The fourth-order valence-corrected chi connectivity index (χ4v) is 4.75. The van der Waals surface area contributed by atoms with Crippen molar-refractivity contribution in [2.75, 3.05) is 18.5 Å². The van der Waals surface area contributed by atoms with Crippen molar-refractivity contribution in [2.45, 2.75) is 37.2 Å². The zero-order valence-corrected chi connectivity index (χ0v) is 17.1. The predicted molar refractivity (Wildman–Crippen MR) is 106 cm³/mol. The van der Waals surface area contributed by atoms with E-state index in [9.17, 15) is 23.2 Å². The Morgan fingerprint density at radius 3 is 2.82 bits per heavy atom. The SMILES string of the molecule is N#Cc1cc(NC(=O)[C@H]2CC3(CCOCC3)c3c2cnc2cc(F)nn32)cnc1OC(F)F. The second-order valence-electron chi connectivity index (χ2n) is 8.00. The molecule has 1 aliphatic heterocycles. The zero-order valence-electron chi connectivity index (χ0n) is 17.1. The lowest BCUT2D eigenvalue weighted by Crippen LogP contribution is -2.34. The van der Waals surface area contributed by atoms with Crippen LogP contribution in [0.3, 0.4) is 0 Å². The van der Waals surface area contributed by atoms with E-state index in [1.54, 1.807) is 12.3 Å². The lowest BCUT2D eigenvalue weighted by Gasteiger charge is -2.34. The van der Waals surface area contributed by atoms with E-state index in [2.05, 4.69) is 25.1 Å². The van der Waals surface area contributed by atoms with E-state index < -0.39 is 29.8 Å². The number of hydrogen-bond acceptors (Lipinski definition) is 7. The number of ether oxygens (including phenoxy) is 2. The lowest BCUT2D eigenvalue weighted by molar-refractivity contribution is -0.118. The number of nitrogens with zero attached hydrogens (tertiary/aromatic N) is 5. The highest BCUT2D eigenvalue weighted by Gasteiger charge is 2.49. The third-order valence-corrected chi connectivity index (χ3v) is 6.16. The Bertz CT molecular complexity index is 1280. The maximum atomic E-state index is 13.9. The van der Waals surface area contributed by atoms with Gasteiger partial charge in [-0.3, -0.25) is 4.79 Å². The van der Waals surface area contributed by atoms with Crippen molar-refractivity contribution in [2.24, 2.45) is 0 Å². The molecule has 5 rings (SSSR count). The molecule has 2 aliphatic rings. The second-order valence-corrected chi connectivity index (χ2v) is 8.00. The van der Waals surface area contributed by atoms with Crippen LogP contribution < -0.4 is 10.1 Å². The van der Waals surface area contributed by atoms with Gasteiger partial charge in [-0.25, -0.2) is 14.5 Å². The molecule has 0 unspecified atom stereocenters. The van der Waals surface area contributed by atoms with Gasteiger partial charge in [0.2, 0.25) is 17.7 Å². The topological polar surface area (TPSA) is 114 Å². The van der Waals surface area contributed by atoms with Crippen LogP contribution in [0.5, 0.6) is 5.88 Å². The highest BCUT2D eigenvalue weighted by Crippen LogP contribution is 2.51. The Morgan fingerprint density at radius 1 is 1.30 bits per heavy atom. The molecule has 170 valence electrons. The highest BCUT2D eigenvalue weighted by atomic mass is 19.3. The average molecular weight is 458 g/mol. The first kappa shape index (κ1) is 21.1. The first-order valence-electron chi connectivity index (χ1n) is 10.2. The first-order chi connectivity index (χ1) is 15.9. The Labute approximate surface area is 185 Å².